The lowest BCUT2D eigenvalue weighted by molar-refractivity contribution is 0.342. The van der Waals surface area contributed by atoms with Gasteiger partial charge in [-0.3, -0.25) is 0 Å². The molecule has 0 amide bonds. The lowest BCUT2D eigenvalue weighted by atomic mass is 10.1. The zero-order valence-electron chi connectivity index (χ0n) is 10.5. The molecule has 0 fully saturated rings. The fourth-order valence-corrected chi connectivity index (χ4v) is 2.02. The zero-order valence-corrected chi connectivity index (χ0v) is 12.1. The molecule has 0 spiro atoms. The molecule has 1 rings (SSSR count). The van der Waals surface area contributed by atoms with Gasteiger partial charge in [0.05, 0.1) is 4.47 Å². The summed E-state index contributed by atoms with van der Waals surface area (Å²) in [7, 11) is 0. The highest BCUT2D eigenvalue weighted by Crippen LogP contribution is 2.30. The number of hydrogen-bond acceptors (Lipinski definition) is 2. The van der Waals surface area contributed by atoms with Gasteiger partial charge in [-0.25, -0.2) is 0 Å². The van der Waals surface area contributed by atoms with Gasteiger partial charge in [0, 0.05) is 6.04 Å². The minimum absolute atomic E-state index is 0.126. The molecular weight excluding hydrogens is 278 g/mol. The highest BCUT2D eigenvalue weighted by molar-refractivity contribution is 9.10. The number of halogens is 1. The van der Waals surface area contributed by atoms with Crippen LogP contribution in [0.3, 0.4) is 0 Å². The first kappa shape index (κ1) is 14.3. The first-order valence-electron chi connectivity index (χ1n) is 5.87. The van der Waals surface area contributed by atoms with Crippen LogP contribution in [0.15, 0.2) is 34.8 Å². The summed E-state index contributed by atoms with van der Waals surface area (Å²) in [6.07, 6.45) is 1.75. The highest BCUT2D eigenvalue weighted by Gasteiger charge is 2.10. The normalized spacial score (nSPS) is 12.2. The van der Waals surface area contributed by atoms with Gasteiger partial charge in [-0.15, -0.1) is 0 Å². The van der Waals surface area contributed by atoms with E-state index in [9.17, 15) is 0 Å². The molecule has 0 bridgehead atoms. The van der Waals surface area contributed by atoms with Crippen molar-refractivity contribution < 1.29 is 4.74 Å². The number of benzene rings is 1. The van der Waals surface area contributed by atoms with Crippen molar-refractivity contribution in [3.63, 3.8) is 0 Å². The second-order valence-corrected chi connectivity index (χ2v) is 5.16. The molecule has 2 nitrogen and oxygen atoms in total. The maximum atomic E-state index is 5.84. The van der Waals surface area contributed by atoms with Crippen LogP contribution in [0.1, 0.15) is 25.8 Å². The molecule has 17 heavy (non-hydrogen) atoms. The zero-order chi connectivity index (χ0) is 12.8. The van der Waals surface area contributed by atoms with E-state index in [1.165, 1.54) is 0 Å². The molecule has 1 aromatic carbocycles. The van der Waals surface area contributed by atoms with Gasteiger partial charge >= 0.3 is 0 Å². The Labute approximate surface area is 112 Å². The summed E-state index contributed by atoms with van der Waals surface area (Å²) >= 11 is 3.51. The van der Waals surface area contributed by atoms with Crippen LogP contribution in [0.2, 0.25) is 0 Å². The minimum Gasteiger partial charge on any atom is -0.488 e. The van der Waals surface area contributed by atoms with Crippen LogP contribution in [0, 0.1) is 0 Å². The molecule has 94 valence electrons. The Balaban J connectivity index is 2.83. The Morgan fingerprint density at radius 1 is 1.53 bits per heavy atom. The molecule has 0 radical (unpaired) electrons. The average Bonchev–Trinajstić information content (AvgIpc) is 2.27. The lowest BCUT2D eigenvalue weighted by Crippen LogP contribution is -2.18. The van der Waals surface area contributed by atoms with Crippen LogP contribution >= 0.6 is 15.9 Å². The van der Waals surface area contributed by atoms with Gasteiger partial charge in [-0.2, -0.15) is 0 Å². The molecule has 1 atom stereocenters. The molecule has 0 saturated heterocycles. The summed E-state index contributed by atoms with van der Waals surface area (Å²) in [6, 6.07) is 6.16. The monoisotopic (exact) mass is 297 g/mol. The van der Waals surface area contributed by atoms with E-state index in [0.29, 0.717) is 6.61 Å². The summed E-state index contributed by atoms with van der Waals surface area (Å²) in [4.78, 5) is 0. The smallest absolute Gasteiger partial charge is 0.137 e. The molecule has 2 N–H and O–H groups in total. The lowest BCUT2D eigenvalue weighted by Gasteiger charge is -2.15. The second-order valence-electron chi connectivity index (χ2n) is 4.30. The maximum Gasteiger partial charge on any atom is 0.137 e. The van der Waals surface area contributed by atoms with Gasteiger partial charge in [0.1, 0.15) is 12.4 Å². The van der Waals surface area contributed by atoms with Crippen LogP contribution in [0.5, 0.6) is 5.75 Å². The standard InChI is InChI=1S/C14H20BrNO/c1-4-10(2)9-17-14-12(8-11(3)16)6-5-7-13(14)15/h5-7,11H,2,4,8-9,16H2,1,3H3. The number of ether oxygens (including phenoxy) is 1. The largest absolute Gasteiger partial charge is 0.488 e. The minimum atomic E-state index is 0.126. The quantitative estimate of drug-likeness (QED) is 0.813. The third-order valence-electron chi connectivity index (χ3n) is 2.51. The first-order chi connectivity index (χ1) is 8.04. The topological polar surface area (TPSA) is 35.2 Å². The van der Waals surface area contributed by atoms with E-state index in [1.54, 1.807) is 0 Å². The van der Waals surface area contributed by atoms with E-state index in [2.05, 4.69) is 35.5 Å². The van der Waals surface area contributed by atoms with Crippen LogP contribution in [0.25, 0.3) is 0 Å². The molecule has 0 aliphatic carbocycles. The van der Waals surface area contributed by atoms with Crippen molar-refractivity contribution in [2.24, 2.45) is 5.73 Å². The van der Waals surface area contributed by atoms with Crippen LogP contribution in [-0.4, -0.2) is 12.6 Å². The van der Waals surface area contributed by atoms with E-state index < -0.39 is 0 Å². The number of rotatable bonds is 6. The Morgan fingerprint density at radius 3 is 2.82 bits per heavy atom. The third kappa shape index (κ3) is 4.52. The summed E-state index contributed by atoms with van der Waals surface area (Å²) in [5.41, 5.74) is 8.06. The third-order valence-corrected chi connectivity index (χ3v) is 3.14. The fraction of sp³-hybridized carbons (Fsp3) is 0.429. The molecular formula is C14H20BrNO. The van der Waals surface area contributed by atoms with Gasteiger partial charge in [0.15, 0.2) is 0 Å². The Morgan fingerprint density at radius 2 is 2.24 bits per heavy atom. The summed E-state index contributed by atoms with van der Waals surface area (Å²) < 4.78 is 6.79. The number of para-hydroxylation sites is 1. The Bertz CT molecular complexity index is 388. The van der Waals surface area contributed by atoms with Gasteiger partial charge in [-0.1, -0.05) is 25.6 Å². The molecule has 0 aliphatic heterocycles. The van der Waals surface area contributed by atoms with Crippen molar-refractivity contribution in [3.8, 4) is 5.75 Å². The van der Waals surface area contributed by atoms with Crippen molar-refractivity contribution in [2.75, 3.05) is 6.61 Å². The molecule has 0 aromatic heterocycles. The van der Waals surface area contributed by atoms with Crippen molar-refractivity contribution in [1.29, 1.82) is 0 Å². The highest BCUT2D eigenvalue weighted by atomic mass is 79.9. The predicted molar refractivity (Wildman–Crippen MR) is 76.4 cm³/mol. The second kappa shape index (κ2) is 6.82. The molecule has 0 aliphatic rings. The van der Waals surface area contributed by atoms with E-state index in [4.69, 9.17) is 10.5 Å². The van der Waals surface area contributed by atoms with Crippen LogP contribution in [0.4, 0.5) is 0 Å². The van der Waals surface area contributed by atoms with Crippen LogP contribution < -0.4 is 10.5 Å². The number of hydrogen-bond donors (Lipinski definition) is 1. The van der Waals surface area contributed by atoms with Crippen molar-refractivity contribution in [1.82, 2.24) is 0 Å². The molecule has 0 saturated carbocycles. The predicted octanol–water partition coefficient (Wildman–Crippen LogP) is 3.68. The fourth-order valence-electron chi connectivity index (χ4n) is 1.50. The molecule has 1 aromatic rings. The van der Waals surface area contributed by atoms with Gasteiger partial charge in [0.25, 0.3) is 0 Å². The molecule has 1 unspecified atom stereocenters. The summed E-state index contributed by atoms with van der Waals surface area (Å²) in [5.74, 6) is 0.888. The van der Waals surface area contributed by atoms with E-state index in [0.717, 1.165) is 34.2 Å². The SMILES string of the molecule is C=C(CC)COc1c(Br)cccc1CC(C)N. The van der Waals surface area contributed by atoms with E-state index in [-0.39, 0.29) is 6.04 Å². The van der Waals surface area contributed by atoms with Gasteiger partial charge < -0.3 is 10.5 Å². The first-order valence-corrected chi connectivity index (χ1v) is 6.66. The van der Waals surface area contributed by atoms with Crippen LogP contribution in [-0.2, 0) is 6.42 Å². The van der Waals surface area contributed by atoms with Crippen molar-refractivity contribution in [2.45, 2.75) is 32.7 Å². The summed E-state index contributed by atoms with van der Waals surface area (Å²) in [5, 5.41) is 0. The van der Waals surface area contributed by atoms with Gasteiger partial charge in [0.2, 0.25) is 0 Å². The molecule has 3 heteroatoms. The summed E-state index contributed by atoms with van der Waals surface area (Å²) in [6.45, 7) is 8.58. The maximum absolute atomic E-state index is 5.84. The Kier molecular flexibility index (Phi) is 5.72. The number of nitrogens with two attached hydrogens (primary N) is 1. The van der Waals surface area contributed by atoms with E-state index >= 15 is 0 Å². The molecule has 0 heterocycles. The van der Waals surface area contributed by atoms with Crippen molar-refractivity contribution in [3.05, 3.63) is 40.4 Å². The van der Waals surface area contributed by atoms with Crippen molar-refractivity contribution >= 4 is 15.9 Å². The Hall–Kier alpha value is -0.800. The average molecular weight is 298 g/mol. The van der Waals surface area contributed by atoms with Gasteiger partial charge in [-0.05, 0) is 52.9 Å². The van der Waals surface area contributed by atoms with E-state index in [1.807, 2.05) is 19.1 Å².